The Balaban J connectivity index is 1.60. The zero-order chi connectivity index (χ0) is 20.2. The van der Waals surface area contributed by atoms with E-state index >= 15 is 0 Å². The topological polar surface area (TPSA) is 70.7 Å². The van der Waals surface area contributed by atoms with Crippen molar-refractivity contribution in [2.45, 2.75) is 13.3 Å². The highest BCUT2D eigenvalue weighted by atomic mass is 32.1. The van der Waals surface area contributed by atoms with Gasteiger partial charge in [-0.1, -0.05) is 30.4 Å². The third-order valence-electron chi connectivity index (χ3n) is 4.33. The molecule has 0 spiro atoms. The van der Waals surface area contributed by atoms with Gasteiger partial charge in [0.15, 0.2) is 11.6 Å². The van der Waals surface area contributed by atoms with E-state index in [1.165, 1.54) is 0 Å². The Bertz CT molecular complexity index is 1180. The molecular weight excluding hydrogens is 384 g/mol. The van der Waals surface area contributed by atoms with Crippen LogP contribution in [0.25, 0.3) is 17.1 Å². The maximum atomic E-state index is 5.50. The van der Waals surface area contributed by atoms with E-state index in [1.54, 1.807) is 28.0 Å². The summed E-state index contributed by atoms with van der Waals surface area (Å²) in [6.07, 6.45) is 9.52. The molecule has 4 aromatic rings. The van der Waals surface area contributed by atoms with Crippen LogP contribution >= 0.6 is 12.2 Å². The lowest BCUT2D eigenvalue weighted by Gasteiger charge is -2.08. The van der Waals surface area contributed by atoms with Gasteiger partial charge in [-0.15, -0.1) is 0 Å². The zero-order valence-corrected chi connectivity index (χ0v) is 17.0. The smallest absolute Gasteiger partial charge is 0.159 e. The van der Waals surface area contributed by atoms with E-state index in [2.05, 4.69) is 27.2 Å². The molecule has 0 radical (unpaired) electrons. The van der Waals surface area contributed by atoms with Crippen LogP contribution in [0, 0.1) is 4.51 Å². The molecule has 0 saturated heterocycles. The van der Waals surface area contributed by atoms with Gasteiger partial charge in [-0.25, -0.2) is 14.6 Å². The van der Waals surface area contributed by atoms with Crippen LogP contribution in [-0.4, -0.2) is 36.1 Å². The van der Waals surface area contributed by atoms with Crippen molar-refractivity contribution in [1.29, 1.82) is 0 Å². The van der Waals surface area contributed by atoms with Gasteiger partial charge in [0.05, 0.1) is 41.6 Å². The molecule has 0 aliphatic heterocycles. The Kier molecular flexibility index (Phi) is 5.44. The van der Waals surface area contributed by atoms with Gasteiger partial charge in [0.25, 0.3) is 0 Å². The molecule has 29 heavy (non-hydrogen) atoms. The second kappa shape index (κ2) is 8.32. The first-order valence-electron chi connectivity index (χ1n) is 9.24. The fourth-order valence-electron chi connectivity index (χ4n) is 2.96. The van der Waals surface area contributed by atoms with Crippen LogP contribution in [0.1, 0.15) is 18.2 Å². The molecule has 0 bridgehead atoms. The fourth-order valence-corrected chi connectivity index (χ4v) is 3.13. The lowest BCUT2D eigenvalue weighted by molar-refractivity contribution is 0.337. The molecule has 0 aliphatic rings. The van der Waals surface area contributed by atoms with Gasteiger partial charge in [-0.2, -0.15) is 10.2 Å². The van der Waals surface area contributed by atoms with Gasteiger partial charge >= 0.3 is 0 Å². The summed E-state index contributed by atoms with van der Waals surface area (Å²) in [5.74, 6) is 1.32. The number of ether oxygens (including phenoxy) is 1. The molecule has 0 atom stereocenters. The third-order valence-corrected chi connectivity index (χ3v) is 4.70. The predicted molar refractivity (Wildman–Crippen MR) is 113 cm³/mol. The molecular formula is C21H20N6OS. The van der Waals surface area contributed by atoms with E-state index < -0.39 is 0 Å². The number of benzene rings is 1. The van der Waals surface area contributed by atoms with Crippen LogP contribution in [0.15, 0.2) is 61.3 Å². The van der Waals surface area contributed by atoms with Crippen molar-refractivity contribution in [3.8, 4) is 22.8 Å². The molecule has 4 rings (SSSR count). The molecule has 0 fully saturated rings. The van der Waals surface area contributed by atoms with Crippen LogP contribution in [0.5, 0.6) is 5.75 Å². The van der Waals surface area contributed by atoms with Crippen LogP contribution < -0.4 is 4.74 Å². The number of nitrogens with zero attached hydrogens (tertiary/aromatic N) is 6. The van der Waals surface area contributed by atoms with Crippen molar-refractivity contribution in [2.24, 2.45) is 7.05 Å². The first-order valence-corrected chi connectivity index (χ1v) is 9.65. The number of aryl methyl sites for hydroxylation is 1. The summed E-state index contributed by atoms with van der Waals surface area (Å²) >= 11 is 5.50. The normalized spacial score (nSPS) is 10.8. The van der Waals surface area contributed by atoms with Crippen LogP contribution in [0.3, 0.4) is 0 Å². The second-order valence-electron chi connectivity index (χ2n) is 6.50. The van der Waals surface area contributed by atoms with Crippen molar-refractivity contribution in [1.82, 2.24) is 29.5 Å². The van der Waals surface area contributed by atoms with Crippen molar-refractivity contribution in [3.05, 3.63) is 77.1 Å². The highest BCUT2D eigenvalue weighted by Crippen LogP contribution is 2.20. The molecule has 0 saturated carbocycles. The van der Waals surface area contributed by atoms with Gasteiger partial charge in [0, 0.05) is 25.2 Å². The Hall–Kier alpha value is -3.39. The standard InChI is InChI=1S/C21H20N6OS/c1-3-28-18-12-22-21(23-13-18)16-6-4-5-15(9-16)10-19-20(29)7-8-27(25-19)17-11-24-26(2)14-17/h4-9,11-14H,3,10H2,1-2H3. The third kappa shape index (κ3) is 4.38. The quantitative estimate of drug-likeness (QED) is 0.456. The average molecular weight is 404 g/mol. The molecule has 146 valence electrons. The summed E-state index contributed by atoms with van der Waals surface area (Å²) < 4.78 is 9.67. The van der Waals surface area contributed by atoms with Crippen molar-refractivity contribution >= 4 is 12.2 Å². The van der Waals surface area contributed by atoms with E-state index in [0.717, 1.165) is 27.0 Å². The van der Waals surface area contributed by atoms with Gasteiger partial charge in [0.2, 0.25) is 0 Å². The molecule has 0 unspecified atom stereocenters. The minimum atomic E-state index is 0.588. The largest absolute Gasteiger partial charge is 0.491 e. The number of hydrogen-bond acceptors (Lipinski definition) is 6. The zero-order valence-electron chi connectivity index (χ0n) is 16.2. The Morgan fingerprint density at radius 2 is 1.93 bits per heavy atom. The molecule has 3 aromatic heterocycles. The fraction of sp³-hybridized carbons (Fsp3) is 0.190. The molecule has 3 heterocycles. The predicted octanol–water partition coefficient (Wildman–Crippen LogP) is 3.78. The van der Waals surface area contributed by atoms with E-state index in [1.807, 2.05) is 44.6 Å². The lowest BCUT2D eigenvalue weighted by atomic mass is 10.1. The highest BCUT2D eigenvalue weighted by molar-refractivity contribution is 7.71. The summed E-state index contributed by atoms with van der Waals surface area (Å²) in [6, 6.07) is 9.99. The lowest BCUT2D eigenvalue weighted by Crippen LogP contribution is -2.04. The van der Waals surface area contributed by atoms with Gasteiger partial charge in [-0.05, 0) is 24.6 Å². The summed E-state index contributed by atoms with van der Waals surface area (Å²) in [5, 5.41) is 8.90. The van der Waals surface area contributed by atoms with Gasteiger partial charge in [-0.3, -0.25) is 4.68 Å². The first-order chi connectivity index (χ1) is 14.1. The molecule has 0 aliphatic carbocycles. The summed E-state index contributed by atoms with van der Waals surface area (Å²) in [4.78, 5) is 8.81. The van der Waals surface area contributed by atoms with Gasteiger partial charge in [0.1, 0.15) is 5.69 Å². The molecule has 7 nitrogen and oxygen atoms in total. The highest BCUT2D eigenvalue weighted by Gasteiger charge is 2.07. The molecule has 8 heteroatoms. The minimum absolute atomic E-state index is 0.588. The van der Waals surface area contributed by atoms with E-state index in [4.69, 9.17) is 22.1 Å². The van der Waals surface area contributed by atoms with Crippen molar-refractivity contribution < 1.29 is 4.74 Å². The number of rotatable bonds is 6. The summed E-state index contributed by atoms with van der Waals surface area (Å²) in [6.45, 7) is 2.52. The summed E-state index contributed by atoms with van der Waals surface area (Å²) in [5.41, 5.74) is 3.74. The Morgan fingerprint density at radius 1 is 1.10 bits per heavy atom. The molecule has 0 amide bonds. The molecule has 0 N–H and O–H groups in total. The average Bonchev–Trinajstić information content (AvgIpc) is 3.17. The van der Waals surface area contributed by atoms with Crippen LogP contribution in [0.2, 0.25) is 0 Å². The van der Waals surface area contributed by atoms with Crippen molar-refractivity contribution in [3.63, 3.8) is 0 Å². The Labute approximate surface area is 173 Å². The molecule has 1 aromatic carbocycles. The van der Waals surface area contributed by atoms with Crippen LogP contribution in [0.4, 0.5) is 0 Å². The number of hydrogen-bond donors (Lipinski definition) is 0. The minimum Gasteiger partial charge on any atom is -0.491 e. The second-order valence-corrected chi connectivity index (χ2v) is 6.94. The maximum Gasteiger partial charge on any atom is 0.159 e. The van der Waals surface area contributed by atoms with Gasteiger partial charge < -0.3 is 4.74 Å². The SMILES string of the molecule is CCOc1cnc(-c2cccc(Cc3nn(-c4cnn(C)c4)ccc3=S)c2)nc1. The summed E-state index contributed by atoms with van der Waals surface area (Å²) in [7, 11) is 1.88. The van der Waals surface area contributed by atoms with E-state index in [9.17, 15) is 0 Å². The van der Waals surface area contributed by atoms with Crippen LogP contribution in [-0.2, 0) is 13.5 Å². The Morgan fingerprint density at radius 3 is 2.66 bits per heavy atom. The first kappa shape index (κ1) is 18.9. The van der Waals surface area contributed by atoms with E-state index in [-0.39, 0.29) is 0 Å². The number of aromatic nitrogens is 6. The monoisotopic (exact) mass is 404 g/mol. The van der Waals surface area contributed by atoms with E-state index in [0.29, 0.717) is 24.6 Å². The van der Waals surface area contributed by atoms with Crippen molar-refractivity contribution in [2.75, 3.05) is 6.61 Å². The maximum absolute atomic E-state index is 5.50.